The number of aromatic nitrogens is 2. The molecule has 3 rings (SSSR count). The number of nitrogens with zero attached hydrogens (tertiary/aromatic N) is 2. The molecule has 1 heterocycles. The number of hydrogen-bond acceptors (Lipinski definition) is 4. The minimum absolute atomic E-state index is 0.0241. The van der Waals surface area contributed by atoms with Gasteiger partial charge in [0.2, 0.25) is 10.0 Å². The van der Waals surface area contributed by atoms with Gasteiger partial charge < -0.3 is 4.74 Å². The molecular weight excluding hydrogens is 383 g/mol. The van der Waals surface area contributed by atoms with E-state index in [0.717, 1.165) is 18.9 Å². The number of methoxy groups -OCH3 is 1. The second-order valence-corrected chi connectivity index (χ2v) is 8.25. The Bertz CT molecular complexity index is 935. The summed E-state index contributed by atoms with van der Waals surface area (Å²) in [5.41, 5.74) is 0.221. The average Bonchev–Trinajstić information content (AvgIpc) is 3.33. The van der Waals surface area contributed by atoms with Gasteiger partial charge in [-0.2, -0.15) is 18.3 Å². The summed E-state index contributed by atoms with van der Waals surface area (Å²) in [7, 11) is -2.29. The first-order valence-corrected chi connectivity index (χ1v) is 9.89. The van der Waals surface area contributed by atoms with Crippen LogP contribution in [0, 0.1) is 6.92 Å². The molecule has 0 amide bonds. The van der Waals surface area contributed by atoms with Gasteiger partial charge in [-0.15, -0.1) is 0 Å². The Morgan fingerprint density at radius 3 is 2.56 bits per heavy atom. The highest BCUT2D eigenvalue weighted by Gasteiger charge is 2.37. The molecule has 1 aromatic heterocycles. The molecule has 0 aliphatic heterocycles. The topological polar surface area (TPSA) is 73.2 Å². The van der Waals surface area contributed by atoms with E-state index in [1.807, 2.05) is 0 Å². The molecule has 0 unspecified atom stereocenters. The van der Waals surface area contributed by atoms with Crippen LogP contribution >= 0.6 is 0 Å². The van der Waals surface area contributed by atoms with Crippen LogP contribution in [-0.4, -0.2) is 31.9 Å². The lowest BCUT2D eigenvalue weighted by molar-refractivity contribution is -0.141. The Hall–Kier alpha value is -2.07. The molecule has 27 heavy (non-hydrogen) atoms. The van der Waals surface area contributed by atoms with Gasteiger partial charge in [0.15, 0.2) is 5.69 Å². The summed E-state index contributed by atoms with van der Waals surface area (Å²) < 4.78 is 72.3. The minimum atomic E-state index is -4.52. The minimum Gasteiger partial charge on any atom is -0.496 e. The van der Waals surface area contributed by atoms with Crippen molar-refractivity contribution in [1.82, 2.24) is 14.5 Å². The number of benzene rings is 1. The van der Waals surface area contributed by atoms with Crippen molar-refractivity contribution >= 4 is 10.0 Å². The van der Waals surface area contributed by atoms with Crippen LogP contribution in [0.3, 0.4) is 0 Å². The number of nitrogens with one attached hydrogen (secondary N) is 1. The molecule has 1 aromatic carbocycles. The monoisotopic (exact) mass is 403 g/mol. The van der Waals surface area contributed by atoms with Crippen LogP contribution in [0.15, 0.2) is 29.2 Å². The lowest BCUT2D eigenvalue weighted by atomic mass is 10.2. The van der Waals surface area contributed by atoms with E-state index in [1.54, 1.807) is 13.0 Å². The van der Waals surface area contributed by atoms with Gasteiger partial charge in [0.25, 0.3) is 0 Å². The van der Waals surface area contributed by atoms with Gasteiger partial charge >= 0.3 is 6.18 Å². The summed E-state index contributed by atoms with van der Waals surface area (Å²) >= 11 is 0. The molecule has 148 valence electrons. The molecule has 0 radical (unpaired) electrons. The Morgan fingerprint density at radius 1 is 1.30 bits per heavy atom. The zero-order valence-corrected chi connectivity index (χ0v) is 15.7. The first-order chi connectivity index (χ1) is 12.6. The summed E-state index contributed by atoms with van der Waals surface area (Å²) in [5, 5.41) is 3.61. The zero-order chi connectivity index (χ0) is 19.8. The Labute approximate surface area is 155 Å². The van der Waals surface area contributed by atoms with Gasteiger partial charge in [0.1, 0.15) is 5.75 Å². The molecule has 1 fully saturated rings. The predicted octanol–water partition coefficient (Wildman–Crippen LogP) is 3.07. The number of halogens is 3. The van der Waals surface area contributed by atoms with E-state index in [1.165, 1.54) is 23.9 Å². The molecule has 1 N–H and O–H groups in total. The third kappa shape index (κ3) is 4.44. The van der Waals surface area contributed by atoms with Gasteiger partial charge in [-0.05, 0) is 49.6 Å². The van der Waals surface area contributed by atoms with Crippen LogP contribution in [0.5, 0.6) is 5.75 Å². The maximum Gasteiger partial charge on any atom is 0.435 e. The van der Waals surface area contributed by atoms with Crippen LogP contribution < -0.4 is 9.46 Å². The lowest BCUT2D eigenvalue weighted by Gasteiger charge is -2.11. The van der Waals surface area contributed by atoms with E-state index in [-0.39, 0.29) is 23.9 Å². The SMILES string of the molecule is COc1ccc(S(=O)(=O)NCCn2nc(C(F)(F)F)cc2C2CC2)cc1C. The van der Waals surface area contributed by atoms with Crippen LogP contribution in [0.4, 0.5) is 13.2 Å². The molecule has 0 spiro atoms. The fraction of sp³-hybridized carbons (Fsp3) is 0.471. The summed E-state index contributed by atoms with van der Waals surface area (Å²) in [4.78, 5) is 0.0691. The Kier molecular flexibility index (Phi) is 5.22. The fourth-order valence-electron chi connectivity index (χ4n) is 2.84. The lowest BCUT2D eigenvalue weighted by Crippen LogP contribution is -2.28. The van der Waals surface area contributed by atoms with Gasteiger partial charge in [0, 0.05) is 18.2 Å². The van der Waals surface area contributed by atoms with Crippen molar-refractivity contribution in [2.75, 3.05) is 13.7 Å². The van der Waals surface area contributed by atoms with E-state index in [2.05, 4.69) is 9.82 Å². The molecule has 0 atom stereocenters. The van der Waals surface area contributed by atoms with Gasteiger partial charge in [-0.1, -0.05) is 0 Å². The molecule has 0 bridgehead atoms. The predicted molar refractivity (Wildman–Crippen MR) is 92.1 cm³/mol. The Morgan fingerprint density at radius 2 is 2.00 bits per heavy atom. The molecule has 1 aliphatic rings. The largest absolute Gasteiger partial charge is 0.496 e. The number of hydrogen-bond donors (Lipinski definition) is 1. The third-order valence-electron chi connectivity index (χ3n) is 4.39. The smallest absolute Gasteiger partial charge is 0.435 e. The van der Waals surface area contributed by atoms with Crippen molar-refractivity contribution in [3.8, 4) is 5.75 Å². The van der Waals surface area contributed by atoms with Crippen molar-refractivity contribution in [2.45, 2.75) is 43.3 Å². The second-order valence-electron chi connectivity index (χ2n) is 6.48. The highest BCUT2D eigenvalue weighted by molar-refractivity contribution is 7.89. The van der Waals surface area contributed by atoms with Crippen LogP contribution in [0.2, 0.25) is 0 Å². The first kappa shape index (κ1) is 19.7. The third-order valence-corrected chi connectivity index (χ3v) is 5.85. The maximum atomic E-state index is 12.9. The van der Waals surface area contributed by atoms with Crippen molar-refractivity contribution in [2.24, 2.45) is 0 Å². The van der Waals surface area contributed by atoms with Gasteiger partial charge in [-0.3, -0.25) is 4.68 Å². The van der Waals surface area contributed by atoms with Crippen molar-refractivity contribution in [1.29, 1.82) is 0 Å². The number of alkyl halides is 3. The van der Waals surface area contributed by atoms with Gasteiger partial charge in [-0.25, -0.2) is 13.1 Å². The standard InChI is InChI=1S/C17H20F3N3O3S/c1-11-9-13(5-6-15(11)26-2)27(24,25)21-7-8-23-14(12-3-4-12)10-16(22-23)17(18,19)20/h5-6,9-10,12,21H,3-4,7-8H2,1-2H3. The molecule has 10 heteroatoms. The van der Waals surface area contributed by atoms with E-state index < -0.39 is 21.9 Å². The van der Waals surface area contributed by atoms with Crippen molar-refractivity contribution in [3.05, 3.63) is 41.2 Å². The highest BCUT2D eigenvalue weighted by atomic mass is 32.2. The van der Waals surface area contributed by atoms with E-state index in [9.17, 15) is 21.6 Å². The normalized spacial score (nSPS) is 15.1. The zero-order valence-electron chi connectivity index (χ0n) is 14.9. The maximum absolute atomic E-state index is 12.9. The van der Waals surface area contributed by atoms with Crippen LogP contribution in [0.25, 0.3) is 0 Å². The van der Waals surface area contributed by atoms with Crippen LogP contribution in [-0.2, 0) is 22.7 Å². The van der Waals surface area contributed by atoms with Crippen molar-refractivity contribution in [3.63, 3.8) is 0 Å². The summed E-state index contributed by atoms with van der Waals surface area (Å²) in [6, 6.07) is 5.50. The van der Waals surface area contributed by atoms with Crippen molar-refractivity contribution < 1.29 is 26.3 Å². The summed E-state index contributed by atoms with van der Waals surface area (Å²) in [5.74, 6) is 0.633. The molecule has 6 nitrogen and oxygen atoms in total. The van der Waals surface area contributed by atoms with Crippen LogP contribution in [0.1, 0.15) is 35.7 Å². The molecule has 1 aliphatic carbocycles. The van der Waals surface area contributed by atoms with Gasteiger partial charge in [0.05, 0.1) is 18.6 Å². The average molecular weight is 403 g/mol. The second kappa shape index (κ2) is 7.16. The summed E-state index contributed by atoms with van der Waals surface area (Å²) in [6.45, 7) is 1.69. The number of sulfonamides is 1. The highest BCUT2D eigenvalue weighted by Crippen LogP contribution is 2.42. The van der Waals surface area contributed by atoms with E-state index in [0.29, 0.717) is 17.0 Å². The first-order valence-electron chi connectivity index (χ1n) is 8.41. The quantitative estimate of drug-likeness (QED) is 0.771. The van der Waals surface area contributed by atoms with E-state index >= 15 is 0 Å². The fourth-order valence-corrected chi connectivity index (χ4v) is 3.95. The number of aryl methyl sites for hydroxylation is 1. The number of ether oxygens (including phenoxy) is 1. The number of rotatable bonds is 7. The molecule has 1 saturated carbocycles. The summed E-state index contributed by atoms with van der Waals surface area (Å²) in [6.07, 6.45) is -2.88. The molecule has 2 aromatic rings. The molecule has 0 saturated heterocycles. The molecular formula is C17H20F3N3O3S. The van der Waals surface area contributed by atoms with E-state index in [4.69, 9.17) is 4.74 Å². The Balaban J connectivity index is 1.70.